The molecule has 148 valence electrons. The lowest BCUT2D eigenvalue weighted by molar-refractivity contribution is -0.119. The van der Waals surface area contributed by atoms with Gasteiger partial charge >= 0.3 is 0 Å². The second-order valence-corrected chi connectivity index (χ2v) is 7.77. The number of guanidine groups is 1. The van der Waals surface area contributed by atoms with Crippen LogP contribution in [0.2, 0.25) is 0 Å². The maximum atomic E-state index is 11.9. The van der Waals surface area contributed by atoms with Crippen LogP contribution >= 0.6 is 0 Å². The molecular formula is C19H35N5O2. The molecule has 0 bridgehead atoms. The van der Waals surface area contributed by atoms with Crippen LogP contribution in [0.4, 0.5) is 0 Å². The number of amides is 1. The first-order chi connectivity index (χ1) is 12.7. The molecule has 3 rings (SSSR count). The number of hydrogen-bond acceptors (Lipinski definition) is 4. The van der Waals surface area contributed by atoms with Gasteiger partial charge in [0.25, 0.3) is 0 Å². The molecule has 0 aromatic carbocycles. The lowest BCUT2D eigenvalue weighted by Crippen LogP contribution is -2.60. The lowest BCUT2D eigenvalue weighted by atomic mass is 9.80. The van der Waals surface area contributed by atoms with Crippen LogP contribution in [0.3, 0.4) is 0 Å². The Morgan fingerprint density at radius 2 is 1.88 bits per heavy atom. The normalized spacial score (nSPS) is 24.1. The summed E-state index contributed by atoms with van der Waals surface area (Å²) >= 11 is 0. The van der Waals surface area contributed by atoms with Crippen molar-refractivity contribution in [3.05, 3.63) is 0 Å². The zero-order valence-electron chi connectivity index (χ0n) is 16.2. The highest BCUT2D eigenvalue weighted by atomic mass is 16.5. The maximum Gasteiger partial charge on any atom is 0.242 e. The van der Waals surface area contributed by atoms with Crippen LogP contribution in [0.5, 0.6) is 0 Å². The Kier molecular flexibility index (Phi) is 7.14. The van der Waals surface area contributed by atoms with Crippen molar-refractivity contribution in [3.8, 4) is 0 Å². The molecule has 3 N–H and O–H groups in total. The van der Waals surface area contributed by atoms with Crippen LogP contribution in [-0.4, -0.2) is 74.3 Å². The van der Waals surface area contributed by atoms with Crippen molar-refractivity contribution in [2.24, 2.45) is 4.99 Å². The highest BCUT2D eigenvalue weighted by Gasteiger charge is 2.38. The number of ether oxygens (including phenoxy) is 1. The predicted octanol–water partition coefficient (Wildman–Crippen LogP) is 0.855. The number of nitrogens with zero attached hydrogens (tertiary/aromatic N) is 2. The van der Waals surface area contributed by atoms with Gasteiger partial charge in [-0.3, -0.25) is 9.69 Å². The molecule has 0 atom stereocenters. The molecule has 0 aromatic rings. The number of morpholine rings is 1. The Labute approximate surface area is 157 Å². The van der Waals surface area contributed by atoms with Crippen LogP contribution in [0, 0.1) is 0 Å². The summed E-state index contributed by atoms with van der Waals surface area (Å²) in [7, 11) is 0. The van der Waals surface area contributed by atoms with Crippen molar-refractivity contribution < 1.29 is 9.53 Å². The van der Waals surface area contributed by atoms with Gasteiger partial charge in [-0.25, -0.2) is 4.99 Å². The molecule has 1 heterocycles. The summed E-state index contributed by atoms with van der Waals surface area (Å²) in [6.07, 6.45) is 8.57. The molecule has 3 aliphatic rings. The van der Waals surface area contributed by atoms with Gasteiger partial charge in [0.05, 0.1) is 13.2 Å². The van der Waals surface area contributed by atoms with E-state index in [1.165, 1.54) is 32.1 Å². The summed E-state index contributed by atoms with van der Waals surface area (Å²) < 4.78 is 5.56. The fourth-order valence-electron chi connectivity index (χ4n) is 4.09. The Morgan fingerprint density at radius 1 is 1.15 bits per heavy atom. The number of carbonyl (C=O) groups excluding carboxylic acids is 1. The summed E-state index contributed by atoms with van der Waals surface area (Å²) in [6, 6.07) is 0.389. The number of rotatable bonds is 7. The Balaban J connectivity index is 1.57. The predicted molar refractivity (Wildman–Crippen MR) is 103 cm³/mol. The third-order valence-electron chi connectivity index (χ3n) is 5.72. The quantitative estimate of drug-likeness (QED) is 0.461. The van der Waals surface area contributed by atoms with Crippen molar-refractivity contribution in [1.29, 1.82) is 0 Å². The summed E-state index contributed by atoms with van der Waals surface area (Å²) in [6.45, 7) is 7.60. The van der Waals surface area contributed by atoms with Crippen LogP contribution in [0.25, 0.3) is 0 Å². The van der Waals surface area contributed by atoms with E-state index in [1.54, 1.807) is 0 Å². The van der Waals surface area contributed by atoms with Crippen LogP contribution < -0.4 is 16.0 Å². The molecule has 1 amide bonds. The van der Waals surface area contributed by atoms with E-state index in [9.17, 15) is 4.79 Å². The molecule has 26 heavy (non-hydrogen) atoms. The van der Waals surface area contributed by atoms with Gasteiger partial charge in [-0.2, -0.15) is 0 Å². The molecule has 2 aliphatic carbocycles. The molecule has 2 saturated carbocycles. The van der Waals surface area contributed by atoms with Gasteiger partial charge in [-0.15, -0.1) is 0 Å². The van der Waals surface area contributed by atoms with Crippen molar-refractivity contribution in [2.45, 2.75) is 63.5 Å². The molecule has 0 unspecified atom stereocenters. The number of carbonyl (C=O) groups is 1. The van der Waals surface area contributed by atoms with Gasteiger partial charge in [0.2, 0.25) is 5.91 Å². The van der Waals surface area contributed by atoms with E-state index >= 15 is 0 Å². The Hall–Kier alpha value is -1.34. The van der Waals surface area contributed by atoms with E-state index in [-0.39, 0.29) is 18.0 Å². The summed E-state index contributed by atoms with van der Waals surface area (Å²) in [5.74, 6) is 0.766. The molecular weight excluding hydrogens is 330 g/mol. The summed E-state index contributed by atoms with van der Waals surface area (Å²) in [5.41, 5.74) is 0.189. The summed E-state index contributed by atoms with van der Waals surface area (Å²) in [4.78, 5) is 19.0. The molecule has 0 aromatic heterocycles. The Morgan fingerprint density at radius 3 is 2.54 bits per heavy atom. The van der Waals surface area contributed by atoms with Gasteiger partial charge in [0.1, 0.15) is 6.54 Å². The average Bonchev–Trinajstić information content (AvgIpc) is 3.49. The van der Waals surface area contributed by atoms with Crippen molar-refractivity contribution >= 4 is 11.9 Å². The van der Waals surface area contributed by atoms with Gasteiger partial charge in [-0.05, 0) is 32.6 Å². The fourth-order valence-corrected chi connectivity index (χ4v) is 4.09. The van der Waals surface area contributed by atoms with Gasteiger partial charge in [0, 0.05) is 37.8 Å². The van der Waals surface area contributed by atoms with Crippen LogP contribution in [0.1, 0.15) is 51.9 Å². The van der Waals surface area contributed by atoms with Crippen molar-refractivity contribution in [3.63, 3.8) is 0 Å². The van der Waals surface area contributed by atoms with Gasteiger partial charge < -0.3 is 20.7 Å². The van der Waals surface area contributed by atoms with E-state index in [2.05, 4.69) is 32.8 Å². The minimum Gasteiger partial charge on any atom is -0.379 e. The first kappa shape index (κ1) is 19.4. The monoisotopic (exact) mass is 365 g/mol. The molecule has 0 radical (unpaired) electrons. The third kappa shape index (κ3) is 5.58. The minimum atomic E-state index is 0.0188. The first-order valence-corrected chi connectivity index (χ1v) is 10.4. The van der Waals surface area contributed by atoms with Crippen molar-refractivity contribution in [2.75, 3.05) is 45.9 Å². The standard InChI is InChI=1S/C19H35N5O2/c1-2-20-18(21-14-17(25)23-16-6-7-16)22-15-19(8-4-3-5-9-19)24-10-12-26-13-11-24/h16H,2-15H2,1H3,(H,23,25)(H2,20,21,22). The SMILES string of the molecule is CCNC(=NCC(=O)NC1CC1)NCC1(N2CCOCC2)CCCCC1. The maximum absolute atomic E-state index is 11.9. The third-order valence-corrected chi connectivity index (χ3v) is 5.72. The van der Waals surface area contributed by atoms with Crippen LogP contribution in [-0.2, 0) is 9.53 Å². The fraction of sp³-hybridized carbons (Fsp3) is 0.895. The molecule has 0 spiro atoms. The molecule has 7 heteroatoms. The van der Waals surface area contributed by atoms with Gasteiger partial charge in [-0.1, -0.05) is 19.3 Å². The Bertz CT molecular complexity index is 480. The number of hydrogen-bond donors (Lipinski definition) is 3. The number of nitrogens with one attached hydrogen (secondary N) is 3. The summed E-state index contributed by atoms with van der Waals surface area (Å²) in [5, 5.41) is 9.80. The second-order valence-electron chi connectivity index (χ2n) is 7.77. The largest absolute Gasteiger partial charge is 0.379 e. The van der Waals surface area contributed by atoms with Crippen LogP contribution in [0.15, 0.2) is 4.99 Å². The molecule has 3 fully saturated rings. The topological polar surface area (TPSA) is 78.0 Å². The van der Waals surface area contributed by atoms with E-state index in [1.807, 2.05) is 0 Å². The molecule has 1 aliphatic heterocycles. The number of aliphatic imine (C=N–C) groups is 1. The highest BCUT2D eigenvalue weighted by molar-refractivity contribution is 5.85. The van der Waals surface area contributed by atoms with E-state index in [0.717, 1.165) is 58.2 Å². The second kappa shape index (κ2) is 9.55. The van der Waals surface area contributed by atoms with E-state index in [0.29, 0.717) is 6.04 Å². The van der Waals surface area contributed by atoms with E-state index in [4.69, 9.17) is 4.74 Å². The van der Waals surface area contributed by atoms with E-state index < -0.39 is 0 Å². The average molecular weight is 366 g/mol. The molecule has 7 nitrogen and oxygen atoms in total. The lowest BCUT2D eigenvalue weighted by Gasteiger charge is -2.48. The van der Waals surface area contributed by atoms with Crippen molar-refractivity contribution in [1.82, 2.24) is 20.9 Å². The molecule has 1 saturated heterocycles. The highest BCUT2D eigenvalue weighted by Crippen LogP contribution is 2.33. The van der Waals surface area contributed by atoms with Gasteiger partial charge in [0.15, 0.2) is 5.96 Å². The minimum absolute atomic E-state index is 0.0188. The first-order valence-electron chi connectivity index (χ1n) is 10.4. The smallest absolute Gasteiger partial charge is 0.242 e. The zero-order valence-corrected chi connectivity index (χ0v) is 16.2. The zero-order chi connectivity index (χ0) is 18.2.